The van der Waals surface area contributed by atoms with Gasteiger partial charge in [-0.3, -0.25) is 4.90 Å². The molecule has 170 valence electrons. The van der Waals surface area contributed by atoms with Crippen molar-refractivity contribution in [2.75, 3.05) is 31.1 Å². The van der Waals surface area contributed by atoms with E-state index in [1.165, 1.54) is 11.6 Å². The molecule has 0 aliphatic carbocycles. The number of hydrogen-bond acceptors (Lipinski definition) is 6. The molecule has 0 N–H and O–H groups in total. The number of hydrogen-bond donors (Lipinski definition) is 0. The average molecular weight is 467 g/mol. The van der Waals surface area contributed by atoms with Crippen LogP contribution in [0.2, 0.25) is 5.02 Å². The van der Waals surface area contributed by atoms with Crippen LogP contribution >= 0.6 is 11.6 Å². The minimum Gasteiger partial charge on any atom is -0.467 e. The van der Waals surface area contributed by atoms with Gasteiger partial charge in [-0.05, 0) is 53.2 Å². The van der Waals surface area contributed by atoms with Gasteiger partial charge in [0.2, 0.25) is 0 Å². The molecule has 3 heterocycles. The van der Waals surface area contributed by atoms with Crippen molar-refractivity contribution in [2.24, 2.45) is 0 Å². The van der Waals surface area contributed by atoms with Crippen LogP contribution in [0.5, 0.6) is 0 Å². The molecule has 0 spiro atoms. The molecule has 5 rings (SSSR count). The van der Waals surface area contributed by atoms with Gasteiger partial charge in [0.05, 0.1) is 6.26 Å². The summed E-state index contributed by atoms with van der Waals surface area (Å²) in [4.78, 5) is 4.56. The van der Waals surface area contributed by atoms with E-state index in [0.717, 1.165) is 42.6 Å². The predicted molar refractivity (Wildman–Crippen MR) is 124 cm³/mol. The highest BCUT2D eigenvalue weighted by atomic mass is 35.5. The van der Waals surface area contributed by atoms with Crippen LogP contribution in [0.1, 0.15) is 28.8 Å². The van der Waals surface area contributed by atoms with Crippen LogP contribution in [-0.4, -0.2) is 51.3 Å². The largest absolute Gasteiger partial charge is 0.467 e. The molecule has 7 nitrogen and oxygen atoms in total. The van der Waals surface area contributed by atoms with Gasteiger partial charge >= 0.3 is 0 Å². The van der Waals surface area contributed by atoms with Crippen LogP contribution in [0.25, 0.3) is 0 Å². The summed E-state index contributed by atoms with van der Waals surface area (Å²) in [7, 11) is 0. The number of nitrogens with zero attached hydrogens (tertiary/aromatic N) is 6. The maximum atomic E-state index is 15.0. The maximum absolute atomic E-state index is 15.0. The van der Waals surface area contributed by atoms with Crippen molar-refractivity contribution in [2.45, 2.75) is 19.5 Å². The first-order chi connectivity index (χ1) is 16.1. The molecule has 1 saturated heterocycles. The maximum Gasteiger partial charge on any atom is 0.173 e. The lowest BCUT2D eigenvalue weighted by Crippen LogP contribution is -2.48. The van der Waals surface area contributed by atoms with E-state index in [1.54, 1.807) is 23.1 Å². The highest BCUT2D eigenvalue weighted by Gasteiger charge is 2.32. The number of tetrazole rings is 1. The molecule has 33 heavy (non-hydrogen) atoms. The second-order valence-electron chi connectivity index (χ2n) is 8.15. The molecule has 1 atom stereocenters. The molecule has 0 amide bonds. The van der Waals surface area contributed by atoms with Crippen molar-refractivity contribution in [3.8, 4) is 0 Å². The van der Waals surface area contributed by atoms with Crippen LogP contribution < -0.4 is 4.90 Å². The molecular formula is C24H24ClFN6O. The van der Waals surface area contributed by atoms with Gasteiger partial charge in [0, 0.05) is 42.5 Å². The molecule has 0 radical (unpaired) electrons. The van der Waals surface area contributed by atoms with Gasteiger partial charge in [0.15, 0.2) is 5.82 Å². The van der Waals surface area contributed by atoms with E-state index in [2.05, 4.69) is 32.2 Å². The first-order valence-corrected chi connectivity index (χ1v) is 11.3. The van der Waals surface area contributed by atoms with Gasteiger partial charge in [0.1, 0.15) is 24.2 Å². The predicted octanol–water partition coefficient (Wildman–Crippen LogP) is 4.33. The van der Waals surface area contributed by atoms with E-state index in [4.69, 9.17) is 16.0 Å². The molecular weight excluding hydrogens is 443 g/mol. The van der Waals surface area contributed by atoms with E-state index in [1.807, 2.05) is 36.4 Å². The Bertz CT molecular complexity index is 1220. The fourth-order valence-corrected chi connectivity index (χ4v) is 4.58. The zero-order valence-corrected chi connectivity index (χ0v) is 19.0. The Hall–Kier alpha value is -3.23. The third-order valence-electron chi connectivity index (χ3n) is 6.08. The number of furan rings is 1. The number of rotatable bonds is 6. The zero-order valence-electron chi connectivity index (χ0n) is 18.2. The topological polar surface area (TPSA) is 63.2 Å². The normalized spacial score (nSPS) is 15.7. The van der Waals surface area contributed by atoms with Crippen molar-refractivity contribution in [1.82, 2.24) is 25.1 Å². The van der Waals surface area contributed by atoms with Crippen LogP contribution in [0.4, 0.5) is 10.1 Å². The Labute approximate surface area is 196 Å². The number of aromatic nitrogens is 4. The first-order valence-electron chi connectivity index (χ1n) is 10.9. The highest BCUT2D eigenvalue weighted by Crippen LogP contribution is 2.32. The molecule has 0 unspecified atom stereocenters. The summed E-state index contributed by atoms with van der Waals surface area (Å²) >= 11 is 6.24. The molecule has 2 aromatic carbocycles. The molecule has 1 aliphatic heterocycles. The van der Waals surface area contributed by atoms with Gasteiger partial charge < -0.3 is 9.32 Å². The molecule has 1 aliphatic rings. The molecule has 4 aromatic rings. The van der Waals surface area contributed by atoms with Crippen molar-refractivity contribution in [3.63, 3.8) is 0 Å². The van der Waals surface area contributed by atoms with Crippen LogP contribution in [0.3, 0.4) is 0 Å². The monoisotopic (exact) mass is 466 g/mol. The fourth-order valence-electron chi connectivity index (χ4n) is 4.41. The van der Waals surface area contributed by atoms with Gasteiger partial charge in [-0.1, -0.05) is 35.9 Å². The van der Waals surface area contributed by atoms with Crippen LogP contribution in [-0.2, 0) is 6.54 Å². The second-order valence-corrected chi connectivity index (χ2v) is 8.59. The summed E-state index contributed by atoms with van der Waals surface area (Å²) in [5, 5.41) is 13.1. The number of piperazine rings is 1. The summed E-state index contributed by atoms with van der Waals surface area (Å²) in [6.45, 7) is 5.47. The Kier molecular flexibility index (Phi) is 6.11. The third kappa shape index (κ3) is 4.49. The van der Waals surface area contributed by atoms with E-state index in [9.17, 15) is 4.39 Å². The molecule has 9 heteroatoms. The second kappa shape index (κ2) is 9.33. The lowest BCUT2D eigenvalue weighted by Gasteiger charge is -2.40. The van der Waals surface area contributed by atoms with Crippen molar-refractivity contribution >= 4 is 17.3 Å². The van der Waals surface area contributed by atoms with Gasteiger partial charge in [0.25, 0.3) is 0 Å². The third-order valence-corrected chi connectivity index (χ3v) is 6.32. The summed E-state index contributed by atoms with van der Waals surface area (Å²) in [6.07, 6.45) is 1.62. The van der Waals surface area contributed by atoms with Crippen molar-refractivity contribution in [1.29, 1.82) is 0 Å². The summed E-state index contributed by atoms with van der Waals surface area (Å²) in [6, 6.07) is 16.1. The highest BCUT2D eigenvalue weighted by molar-refractivity contribution is 6.30. The number of halogens is 2. The smallest absolute Gasteiger partial charge is 0.173 e. The minimum atomic E-state index is -0.418. The van der Waals surface area contributed by atoms with Crippen LogP contribution in [0.15, 0.2) is 65.3 Å². The minimum absolute atomic E-state index is 0.275. The van der Waals surface area contributed by atoms with Gasteiger partial charge in [-0.2, -0.15) is 0 Å². The quantitative estimate of drug-likeness (QED) is 0.421. The van der Waals surface area contributed by atoms with E-state index in [-0.39, 0.29) is 5.82 Å². The number of aryl methyl sites for hydroxylation is 1. The summed E-state index contributed by atoms with van der Waals surface area (Å²) < 4.78 is 22.1. The van der Waals surface area contributed by atoms with E-state index < -0.39 is 6.04 Å². The molecule has 0 saturated carbocycles. The SMILES string of the molecule is Cc1ccc(Cl)cc1N1CCN([C@H](c2ccccc2F)c2nnnn2Cc2ccco2)CC1. The van der Waals surface area contributed by atoms with Crippen LogP contribution in [0, 0.1) is 12.7 Å². The molecule has 2 aromatic heterocycles. The van der Waals surface area contributed by atoms with Gasteiger partial charge in [-0.25, -0.2) is 9.07 Å². The molecule has 0 bridgehead atoms. The van der Waals surface area contributed by atoms with E-state index >= 15 is 0 Å². The van der Waals surface area contributed by atoms with Crippen molar-refractivity contribution in [3.05, 3.63) is 94.4 Å². The van der Waals surface area contributed by atoms with Crippen molar-refractivity contribution < 1.29 is 8.81 Å². The lowest BCUT2D eigenvalue weighted by molar-refractivity contribution is 0.197. The van der Waals surface area contributed by atoms with Gasteiger partial charge in [-0.15, -0.1) is 5.10 Å². The Morgan fingerprint density at radius 3 is 2.64 bits per heavy atom. The average Bonchev–Trinajstić information content (AvgIpc) is 3.50. The fraction of sp³-hybridized carbons (Fsp3) is 0.292. The lowest BCUT2D eigenvalue weighted by atomic mass is 10.0. The standard InChI is InChI=1S/C24H24ClFN6O/c1-17-8-9-18(25)15-22(17)30-10-12-31(13-11-30)23(20-6-2-3-7-21(20)26)24-27-28-29-32(24)16-19-5-4-14-33-19/h2-9,14-15,23H,10-13,16H2,1H3/t23-/m1/s1. The number of benzene rings is 2. The first kappa shape index (κ1) is 21.6. The Morgan fingerprint density at radius 2 is 1.88 bits per heavy atom. The zero-order chi connectivity index (χ0) is 22.8. The molecule has 1 fully saturated rings. The number of anilines is 1. The Morgan fingerprint density at radius 1 is 1.06 bits per heavy atom. The Balaban J connectivity index is 1.44. The summed E-state index contributed by atoms with van der Waals surface area (Å²) in [5.74, 6) is 1.05. The van der Waals surface area contributed by atoms with E-state index in [0.29, 0.717) is 17.9 Å². The summed E-state index contributed by atoms with van der Waals surface area (Å²) in [5.41, 5.74) is 2.87.